The van der Waals surface area contributed by atoms with Crippen LogP contribution in [0.2, 0.25) is 5.02 Å². The summed E-state index contributed by atoms with van der Waals surface area (Å²) in [5, 5.41) is 13.4. The normalized spacial score (nSPS) is 20.5. The van der Waals surface area contributed by atoms with Gasteiger partial charge in [0.1, 0.15) is 17.4 Å². The van der Waals surface area contributed by atoms with Crippen molar-refractivity contribution in [2.45, 2.75) is 38.4 Å². The van der Waals surface area contributed by atoms with Gasteiger partial charge < -0.3 is 24.6 Å². The monoisotopic (exact) mass is 533 g/mol. The molecule has 4 heterocycles. The smallest absolute Gasteiger partial charge is 0.319 e. The highest BCUT2D eigenvalue weighted by atomic mass is 35.5. The second kappa shape index (κ2) is 9.55. The van der Waals surface area contributed by atoms with E-state index >= 15 is 0 Å². The van der Waals surface area contributed by atoms with E-state index in [4.69, 9.17) is 31.0 Å². The second-order valence-corrected chi connectivity index (χ2v) is 11.1. The molecule has 2 aliphatic heterocycles. The van der Waals surface area contributed by atoms with Gasteiger partial charge >= 0.3 is 6.01 Å². The van der Waals surface area contributed by atoms with Gasteiger partial charge in [-0.2, -0.15) is 15.1 Å². The molecule has 3 aliphatic rings. The van der Waals surface area contributed by atoms with E-state index in [2.05, 4.69) is 45.4 Å². The van der Waals surface area contributed by atoms with Crippen molar-refractivity contribution in [3.05, 3.63) is 35.0 Å². The van der Waals surface area contributed by atoms with Crippen LogP contribution in [-0.2, 0) is 0 Å². The molecule has 3 fully saturated rings. The molecule has 1 unspecified atom stereocenters. The molecule has 198 valence electrons. The highest BCUT2D eigenvalue weighted by molar-refractivity contribution is 6.35. The van der Waals surface area contributed by atoms with Crippen molar-refractivity contribution in [3.8, 4) is 22.9 Å². The van der Waals surface area contributed by atoms with Gasteiger partial charge in [0, 0.05) is 61.2 Å². The van der Waals surface area contributed by atoms with Crippen LogP contribution in [0.1, 0.15) is 24.8 Å². The summed E-state index contributed by atoms with van der Waals surface area (Å²) in [6.45, 7) is 7.46. The number of aromatic amines is 1. The highest BCUT2D eigenvalue weighted by Crippen LogP contribution is 2.48. The van der Waals surface area contributed by atoms with E-state index in [1.165, 1.54) is 0 Å². The van der Waals surface area contributed by atoms with Gasteiger partial charge in [-0.25, -0.2) is 0 Å². The zero-order chi connectivity index (χ0) is 25.8. The lowest BCUT2D eigenvalue weighted by Crippen LogP contribution is -2.44. The van der Waals surface area contributed by atoms with Crippen molar-refractivity contribution in [1.29, 1.82) is 0 Å². The minimum Gasteiger partial charge on any atom is -0.487 e. The number of hydrogen-bond acceptors (Lipinski definition) is 8. The number of nitrogens with one attached hydrogen (secondary N) is 2. The van der Waals surface area contributed by atoms with E-state index < -0.39 is 0 Å². The SMILES string of the molecule is Cc1ccc2[nH]ncc2c1-c1c(Cl)cc2c(N3CCNCC3)nc(OC3CCN(C)C3)nc2c1OC1CC1. The number of anilines is 1. The number of rotatable bonds is 6. The number of aromatic nitrogens is 4. The lowest BCUT2D eigenvalue weighted by Gasteiger charge is -2.30. The van der Waals surface area contributed by atoms with E-state index in [0.29, 0.717) is 16.8 Å². The van der Waals surface area contributed by atoms with E-state index in [-0.39, 0.29) is 12.2 Å². The Balaban J connectivity index is 1.47. The molecule has 2 aromatic heterocycles. The van der Waals surface area contributed by atoms with Crippen LogP contribution in [0.25, 0.3) is 32.9 Å². The summed E-state index contributed by atoms with van der Waals surface area (Å²) in [6.07, 6.45) is 5.08. The number of likely N-dealkylation sites (N-methyl/N-ethyl adjacent to an activating group) is 1. The van der Waals surface area contributed by atoms with Crippen LogP contribution >= 0.6 is 11.6 Å². The maximum absolute atomic E-state index is 7.16. The summed E-state index contributed by atoms with van der Waals surface area (Å²) < 4.78 is 13.1. The van der Waals surface area contributed by atoms with Crippen LogP contribution in [0.3, 0.4) is 0 Å². The molecular formula is C28H32ClN7O2. The van der Waals surface area contributed by atoms with Crippen LogP contribution < -0.4 is 19.7 Å². The number of piperazine rings is 1. The van der Waals surface area contributed by atoms with Crippen molar-refractivity contribution in [2.75, 3.05) is 51.2 Å². The summed E-state index contributed by atoms with van der Waals surface area (Å²) in [4.78, 5) is 14.6. The summed E-state index contributed by atoms with van der Waals surface area (Å²) in [7, 11) is 2.12. The number of nitrogens with zero attached hydrogens (tertiary/aromatic N) is 5. The zero-order valence-corrected chi connectivity index (χ0v) is 22.5. The quantitative estimate of drug-likeness (QED) is 0.381. The molecule has 4 aromatic rings. The van der Waals surface area contributed by atoms with Crippen molar-refractivity contribution < 1.29 is 9.47 Å². The average molecular weight is 534 g/mol. The Morgan fingerprint density at radius 2 is 1.82 bits per heavy atom. The van der Waals surface area contributed by atoms with Crippen LogP contribution in [0.15, 0.2) is 24.4 Å². The van der Waals surface area contributed by atoms with Gasteiger partial charge in [0.15, 0.2) is 5.75 Å². The van der Waals surface area contributed by atoms with Gasteiger partial charge in [0.05, 0.1) is 22.8 Å². The number of halogens is 1. The molecule has 0 spiro atoms. The topological polar surface area (TPSA) is 91.4 Å². The largest absolute Gasteiger partial charge is 0.487 e. The fraction of sp³-hybridized carbons (Fsp3) is 0.464. The van der Waals surface area contributed by atoms with Gasteiger partial charge in [-0.3, -0.25) is 5.10 Å². The molecule has 2 aromatic carbocycles. The average Bonchev–Trinajstić information content (AvgIpc) is 3.44. The van der Waals surface area contributed by atoms with Crippen molar-refractivity contribution in [2.24, 2.45) is 0 Å². The van der Waals surface area contributed by atoms with Crippen LogP contribution in [0.5, 0.6) is 11.8 Å². The van der Waals surface area contributed by atoms with Crippen LogP contribution in [-0.4, -0.2) is 83.6 Å². The predicted octanol–water partition coefficient (Wildman–Crippen LogP) is 4.17. The van der Waals surface area contributed by atoms with Gasteiger partial charge in [-0.05, 0) is 50.9 Å². The summed E-state index contributed by atoms with van der Waals surface area (Å²) in [5.41, 5.74) is 4.68. The molecule has 2 saturated heterocycles. The lowest BCUT2D eigenvalue weighted by atomic mass is 9.94. The Morgan fingerprint density at radius 1 is 0.974 bits per heavy atom. The number of ether oxygens (including phenoxy) is 2. The predicted molar refractivity (Wildman–Crippen MR) is 150 cm³/mol. The lowest BCUT2D eigenvalue weighted by molar-refractivity contribution is 0.192. The fourth-order valence-corrected chi connectivity index (χ4v) is 5.93. The molecule has 1 saturated carbocycles. The molecule has 0 amide bonds. The van der Waals surface area contributed by atoms with Crippen molar-refractivity contribution >= 4 is 39.2 Å². The van der Waals surface area contributed by atoms with Gasteiger partial charge in [0.2, 0.25) is 0 Å². The first kappa shape index (κ1) is 23.9. The zero-order valence-electron chi connectivity index (χ0n) is 21.8. The molecule has 0 radical (unpaired) electrons. The standard InChI is InChI=1S/C28H32ClN7O2/c1-16-3-6-22-20(14-31-34-22)23(16)24-21(29)13-19-25(26(24)37-17-4-5-17)32-28(38-18-7-10-35(2)15-18)33-27(19)36-11-8-30-9-12-36/h3,6,13-14,17-18,30H,4-5,7-12,15H2,1-2H3,(H,31,34). The molecule has 10 heteroatoms. The minimum atomic E-state index is 0.0646. The highest BCUT2D eigenvalue weighted by Gasteiger charge is 2.31. The van der Waals surface area contributed by atoms with E-state index in [0.717, 1.165) is 103 Å². The Labute approximate surface area is 226 Å². The number of likely N-dealkylation sites (tertiary alicyclic amines) is 1. The first-order valence-corrected chi connectivity index (χ1v) is 13.9. The Hall–Kier alpha value is -3.14. The van der Waals surface area contributed by atoms with Crippen molar-refractivity contribution in [3.63, 3.8) is 0 Å². The number of aryl methyl sites for hydroxylation is 1. The number of H-pyrrole nitrogens is 1. The summed E-state index contributed by atoms with van der Waals surface area (Å²) in [6, 6.07) is 6.55. The maximum Gasteiger partial charge on any atom is 0.319 e. The molecule has 1 aliphatic carbocycles. The van der Waals surface area contributed by atoms with Crippen LogP contribution in [0.4, 0.5) is 5.82 Å². The van der Waals surface area contributed by atoms with Crippen molar-refractivity contribution in [1.82, 2.24) is 30.4 Å². The van der Waals surface area contributed by atoms with Gasteiger partial charge in [0.25, 0.3) is 0 Å². The Kier molecular flexibility index (Phi) is 6.02. The van der Waals surface area contributed by atoms with Gasteiger partial charge in [-0.15, -0.1) is 0 Å². The third kappa shape index (κ3) is 4.32. The molecule has 7 rings (SSSR count). The molecule has 9 nitrogen and oxygen atoms in total. The fourth-order valence-electron chi connectivity index (χ4n) is 5.64. The number of fused-ring (bicyclic) bond motifs is 2. The third-order valence-electron chi connectivity index (χ3n) is 7.79. The Morgan fingerprint density at radius 3 is 2.58 bits per heavy atom. The molecule has 0 bridgehead atoms. The van der Waals surface area contributed by atoms with Gasteiger partial charge in [-0.1, -0.05) is 17.7 Å². The number of hydrogen-bond donors (Lipinski definition) is 2. The summed E-state index contributed by atoms with van der Waals surface area (Å²) in [5.74, 6) is 1.56. The third-order valence-corrected chi connectivity index (χ3v) is 8.08. The molecule has 1 atom stereocenters. The summed E-state index contributed by atoms with van der Waals surface area (Å²) >= 11 is 7.16. The van der Waals surface area contributed by atoms with E-state index in [9.17, 15) is 0 Å². The van der Waals surface area contributed by atoms with E-state index in [1.54, 1.807) is 0 Å². The molecular weight excluding hydrogens is 502 g/mol. The minimum absolute atomic E-state index is 0.0646. The Bertz CT molecular complexity index is 1510. The van der Waals surface area contributed by atoms with E-state index in [1.807, 2.05) is 18.3 Å². The first-order valence-electron chi connectivity index (χ1n) is 13.5. The maximum atomic E-state index is 7.16. The number of benzene rings is 2. The molecule has 2 N–H and O–H groups in total. The second-order valence-electron chi connectivity index (χ2n) is 10.7. The first-order chi connectivity index (χ1) is 18.5. The van der Waals surface area contributed by atoms with Crippen LogP contribution in [0, 0.1) is 6.92 Å². The molecule has 38 heavy (non-hydrogen) atoms.